The number of halogens is 1. The van der Waals surface area contributed by atoms with Gasteiger partial charge in [0.15, 0.2) is 0 Å². The minimum Gasteiger partial charge on any atom is -0.324 e. The summed E-state index contributed by atoms with van der Waals surface area (Å²) < 4.78 is 14.3. The van der Waals surface area contributed by atoms with E-state index in [4.69, 9.17) is 0 Å². The van der Waals surface area contributed by atoms with Crippen LogP contribution < -0.4 is 10.9 Å². The van der Waals surface area contributed by atoms with Gasteiger partial charge in [0.05, 0.1) is 5.69 Å². The first kappa shape index (κ1) is 19.5. The van der Waals surface area contributed by atoms with E-state index in [1.165, 1.54) is 35.0 Å². The highest BCUT2D eigenvalue weighted by Gasteiger charge is 2.22. The minimum atomic E-state index is -0.775. The summed E-state index contributed by atoms with van der Waals surface area (Å²) in [5.41, 5.74) is 3.78. The maximum absolute atomic E-state index is 13.1. The van der Waals surface area contributed by atoms with Crippen molar-refractivity contribution < 1.29 is 9.18 Å². The molecule has 0 unspecified atom stereocenters. The molecule has 0 saturated carbocycles. The second-order valence-corrected chi connectivity index (χ2v) is 6.74. The van der Waals surface area contributed by atoms with Crippen LogP contribution in [0.1, 0.15) is 30.5 Å². The molecule has 1 aromatic heterocycles. The van der Waals surface area contributed by atoms with Crippen LogP contribution in [0.2, 0.25) is 0 Å². The maximum atomic E-state index is 13.1. The lowest BCUT2D eigenvalue weighted by molar-refractivity contribution is -0.119. The van der Waals surface area contributed by atoms with Crippen LogP contribution in [0.15, 0.2) is 59.4 Å². The van der Waals surface area contributed by atoms with Gasteiger partial charge in [-0.1, -0.05) is 24.6 Å². The fraction of sp³-hybridized carbons (Fsp3) is 0.227. The Kier molecular flexibility index (Phi) is 5.68. The van der Waals surface area contributed by atoms with Crippen molar-refractivity contribution in [2.75, 3.05) is 5.32 Å². The van der Waals surface area contributed by atoms with Crippen LogP contribution in [-0.2, 0) is 4.79 Å². The molecule has 144 valence electrons. The summed E-state index contributed by atoms with van der Waals surface area (Å²) >= 11 is 0. The minimum absolute atomic E-state index is 0.352. The highest BCUT2D eigenvalue weighted by atomic mass is 19.1. The highest BCUT2D eigenvalue weighted by Crippen LogP contribution is 2.23. The van der Waals surface area contributed by atoms with Crippen LogP contribution in [-0.4, -0.2) is 15.7 Å². The van der Waals surface area contributed by atoms with Crippen LogP contribution in [0.4, 0.5) is 10.1 Å². The lowest BCUT2D eigenvalue weighted by Crippen LogP contribution is -2.34. The van der Waals surface area contributed by atoms with E-state index >= 15 is 0 Å². The number of carbonyl (C=O) groups is 1. The number of anilines is 1. The van der Waals surface area contributed by atoms with Crippen molar-refractivity contribution in [1.29, 1.82) is 0 Å². The van der Waals surface area contributed by atoms with Gasteiger partial charge in [0.1, 0.15) is 11.9 Å². The summed E-state index contributed by atoms with van der Waals surface area (Å²) in [6, 6.07) is 13.8. The Hall–Kier alpha value is -3.28. The first-order valence-corrected chi connectivity index (χ1v) is 9.13. The number of hydrogen-bond acceptors (Lipinski definition) is 3. The monoisotopic (exact) mass is 379 g/mol. The van der Waals surface area contributed by atoms with E-state index in [0.717, 1.165) is 16.7 Å². The van der Waals surface area contributed by atoms with Crippen LogP contribution in [0.25, 0.3) is 11.3 Å². The fourth-order valence-corrected chi connectivity index (χ4v) is 3.03. The Morgan fingerprint density at radius 1 is 1.11 bits per heavy atom. The molecule has 0 aliphatic rings. The van der Waals surface area contributed by atoms with E-state index in [1.807, 2.05) is 39.0 Å². The molecule has 0 fully saturated rings. The van der Waals surface area contributed by atoms with Gasteiger partial charge in [-0.2, -0.15) is 5.10 Å². The normalized spacial score (nSPS) is 11.9. The van der Waals surface area contributed by atoms with Gasteiger partial charge in [0, 0.05) is 17.3 Å². The SMILES string of the molecule is CC[C@@H](C(=O)Nc1ccc(F)cc1)n1nc(-c2cc(C)ccc2C)ccc1=O. The summed E-state index contributed by atoms with van der Waals surface area (Å²) in [5, 5.41) is 7.20. The standard InChI is InChI=1S/C22H22FN3O2/c1-4-20(22(28)24-17-9-7-16(23)8-10-17)26-21(27)12-11-19(25-26)18-13-14(2)5-6-15(18)3/h5-13,20H,4H2,1-3H3,(H,24,28)/t20-/m0/s1. The number of hydrogen-bond donors (Lipinski definition) is 1. The van der Waals surface area contributed by atoms with Crippen LogP contribution in [0.5, 0.6) is 0 Å². The zero-order chi connectivity index (χ0) is 20.3. The molecule has 0 aliphatic heterocycles. The first-order chi connectivity index (χ1) is 13.4. The van der Waals surface area contributed by atoms with Crippen molar-refractivity contribution in [2.24, 2.45) is 0 Å². The number of rotatable bonds is 5. The lowest BCUT2D eigenvalue weighted by Gasteiger charge is -2.18. The first-order valence-electron chi connectivity index (χ1n) is 9.13. The molecule has 1 heterocycles. The van der Waals surface area contributed by atoms with Gasteiger partial charge < -0.3 is 5.32 Å². The number of benzene rings is 2. The van der Waals surface area contributed by atoms with Crippen molar-refractivity contribution >= 4 is 11.6 Å². The molecule has 0 radical (unpaired) electrons. The summed E-state index contributed by atoms with van der Waals surface area (Å²) in [6.45, 7) is 5.78. The number of nitrogens with zero attached hydrogens (tertiary/aromatic N) is 2. The summed E-state index contributed by atoms with van der Waals surface area (Å²) in [7, 11) is 0. The van der Waals surface area contributed by atoms with E-state index in [-0.39, 0.29) is 17.3 Å². The van der Waals surface area contributed by atoms with Gasteiger partial charge >= 0.3 is 0 Å². The molecule has 0 saturated heterocycles. The summed E-state index contributed by atoms with van der Waals surface area (Å²) in [4.78, 5) is 25.2. The predicted molar refractivity (Wildman–Crippen MR) is 108 cm³/mol. The summed E-state index contributed by atoms with van der Waals surface area (Å²) in [6.07, 6.45) is 0.385. The van der Waals surface area contributed by atoms with Crippen molar-refractivity contribution in [3.63, 3.8) is 0 Å². The molecule has 1 atom stereocenters. The smallest absolute Gasteiger partial charge is 0.267 e. The maximum Gasteiger partial charge on any atom is 0.267 e. The lowest BCUT2D eigenvalue weighted by atomic mass is 10.0. The molecule has 0 bridgehead atoms. The Morgan fingerprint density at radius 3 is 2.50 bits per heavy atom. The number of nitrogens with one attached hydrogen (secondary N) is 1. The Morgan fingerprint density at radius 2 is 1.82 bits per heavy atom. The third-order valence-electron chi connectivity index (χ3n) is 4.59. The number of carbonyl (C=O) groups excluding carboxylic acids is 1. The average molecular weight is 379 g/mol. The van der Waals surface area contributed by atoms with Crippen molar-refractivity contribution in [3.05, 3.63) is 81.9 Å². The van der Waals surface area contributed by atoms with Gasteiger partial charge in [-0.15, -0.1) is 0 Å². The molecule has 3 aromatic rings. The second kappa shape index (κ2) is 8.17. The van der Waals surface area contributed by atoms with E-state index in [2.05, 4.69) is 10.4 Å². The number of aryl methyl sites for hydroxylation is 2. The van der Waals surface area contributed by atoms with E-state index in [1.54, 1.807) is 6.07 Å². The van der Waals surface area contributed by atoms with Crippen LogP contribution in [0.3, 0.4) is 0 Å². The van der Waals surface area contributed by atoms with Gasteiger partial charge in [0.25, 0.3) is 5.56 Å². The van der Waals surface area contributed by atoms with E-state index in [9.17, 15) is 14.0 Å². The van der Waals surface area contributed by atoms with Crippen LogP contribution >= 0.6 is 0 Å². The molecular formula is C22H22FN3O2. The van der Waals surface area contributed by atoms with Crippen LogP contribution in [0, 0.1) is 19.7 Å². The molecular weight excluding hydrogens is 357 g/mol. The summed E-state index contributed by atoms with van der Waals surface area (Å²) in [5.74, 6) is -0.758. The highest BCUT2D eigenvalue weighted by molar-refractivity contribution is 5.93. The Labute approximate surface area is 162 Å². The topological polar surface area (TPSA) is 64.0 Å². The number of amides is 1. The zero-order valence-electron chi connectivity index (χ0n) is 16.1. The van der Waals surface area contributed by atoms with Gasteiger partial charge in [0.2, 0.25) is 5.91 Å². The largest absolute Gasteiger partial charge is 0.324 e. The molecule has 6 heteroatoms. The molecule has 0 spiro atoms. The van der Waals surface area contributed by atoms with E-state index in [0.29, 0.717) is 17.8 Å². The Bertz CT molecular complexity index is 1060. The van der Waals surface area contributed by atoms with Crippen molar-refractivity contribution in [1.82, 2.24) is 9.78 Å². The van der Waals surface area contributed by atoms with Gasteiger partial charge in [-0.3, -0.25) is 9.59 Å². The molecule has 1 amide bonds. The quantitative estimate of drug-likeness (QED) is 0.721. The average Bonchev–Trinajstić information content (AvgIpc) is 2.67. The molecule has 2 aromatic carbocycles. The van der Waals surface area contributed by atoms with Gasteiger partial charge in [-0.25, -0.2) is 9.07 Å². The number of aromatic nitrogens is 2. The van der Waals surface area contributed by atoms with Crippen molar-refractivity contribution in [3.8, 4) is 11.3 Å². The molecule has 0 aliphatic carbocycles. The van der Waals surface area contributed by atoms with Gasteiger partial charge in [-0.05, 0) is 62.2 Å². The van der Waals surface area contributed by atoms with Crippen molar-refractivity contribution in [2.45, 2.75) is 33.2 Å². The second-order valence-electron chi connectivity index (χ2n) is 6.74. The molecule has 1 N–H and O–H groups in total. The predicted octanol–water partition coefficient (Wildman–Crippen LogP) is 4.26. The molecule has 28 heavy (non-hydrogen) atoms. The third-order valence-corrected chi connectivity index (χ3v) is 4.59. The Balaban J connectivity index is 1.96. The third kappa shape index (κ3) is 4.17. The molecule has 3 rings (SSSR count). The molecule has 5 nitrogen and oxygen atoms in total. The fourth-order valence-electron chi connectivity index (χ4n) is 3.03. The van der Waals surface area contributed by atoms with E-state index < -0.39 is 6.04 Å². The zero-order valence-corrected chi connectivity index (χ0v) is 16.1.